The monoisotopic (exact) mass is 414 g/mol. The van der Waals surface area contributed by atoms with Crippen LogP contribution in [0, 0.1) is 6.92 Å². The van der Waals surface area contributed by atoms with Gasteiger partial charge in [-0.1, -0.05) is 26.0 Å². The van der Waals surface area contributed by atoms with E-state index < -0.39 is 11.9 Å². The van der Waals surface area contributed by atoms with Crippen molar-refractivity contribution in [2.45, 2.75) is 45.5 Å². The number of piperidine rings is 1. The smallest absolute Gasteiger partial charge is 0.354 e. The first-order chi connectivity index (χ1) is 14.2. The van der Waals surface area contributed by atoms with Gasteiger partial charge in [0.05, 0.1) is 22.5 Å². The van der Waals surface area contributed by atoms with Gasteiger partial charge in [-0.25, -0.2) is 23.2 Å². The Morgan fingerprint density at radius 1 is 1.20 bits per heavy atom. The van der Waals surface area contributed by atoms with Crippen molar-refractivity contribution < 1.29 is 18.7 Å². The molecule has 0 atom stereocenters. The summed E-state index contributed by atoms with van der Waals surface area (Å²) in [7, 11) is 0. The number of aromatic nitrogens is 3. The summed E-state index contributed by atoms with van der Waals surface area (Å²) in [4.78, 5) is 18.0. The van der Waals surface area contributed by atoms with E-state index in [2.05, 4.69) is 4.98 Å². The van der Waals surface area contributed by atoms with E-state index in [-0.39, 0.29) is 37.5 Å². The Bertz CT molecular complexity index is 1110. The third-order valence-electron chi connectivity index (χ3n) is 5.49. The summed E-state index contributed by atoms with van der Waals surface area (Å²) in [5.41, 5.74) is 3.49. The van der Waals surface area contributed by atoms with Crippen LogP contribution in [-0.2, 0) is 0 Å². The van der Waals surface area contributed by atoms with Gasteiger partial charge >= 0.3 is 5.97 Å². The molecular weight excluding hydrogens is 390 g/mol. The Kier molecular flexibility index (Phi) is 4.95. The van der Waals surface area contributed by atoms with E-state index in [0.717, 1.165) is 22.3 Å². The lowest BCUT2D eigenvalue weighted by molar-refractivity contribution is -0.0220. The lowest BCUT2D eigenvalue weighted by Crippen LogP contribution is -2.39. The van der Waals surface area contributed by atoms with E-state index in [1.807, 2.05) is 49.9 Å². The Labute approximate surface area is 173 Å². The van der Waals surface area contributed by atoms with E-state index in [0.29, 0.717) is 11.3 Å². The minimum atomic E-state index is -2.69. The van der Waals surface area contributed by atoms with Gasteiger partial charge in [0.2, 0.25) is 0 Å². The van der Waals surface area contributed by atoms with Crippen molar-refractivity contribution in [3.05, 3.63) is 47.3 Å². The predicted octanol–water partition coefficient (Wildman–Crippen LogP) is 4.79. The van der Waals surface area contributed by atoms with Crippen LogP contribution < -0.4 is 4.90 Å². The van der Waals surface area contributed by atoms with E-state index in [1.54, 1.807) is 4.68 Å². The summed E-state index contributed by atoms with van der Waals surface area (Å²) in [5.74, 6) is -3.81. The van der Waals surface area contributed by atoms with Crippen molar-refractivity contribution in [3.63, 3.8) is 0 Å². The molecule has 0 bridgehead atoms. The zero-order chi connectivity index (χ0) is 21.6. The van der Waals surface area contributed by atoms with E-state index in [9.17, 15) is 18.7 Å². The predicted molar refractivity (Wildman–Crippen MR) is 111 cm³/mol. The lowest BCUT2D eigenvalue weighted by atomic mass is 10.0. The fourth-order valence-electron chi connectivity index (χ4n) is 3.90. The first kappa shape index (κ1) is 20.3. The quantitative estimate of drug-likeness (QED) is 0.665. The molecule has 4 rings (SSSR count). The van der Waals surface area contributed by atoms with Crippen molar-refractivity contribution in [3.8, 4) is 5.69 Å². The fourth-order valence-corrected chi connectivity index (χ4v) is 3.90. The van der Waals surface area contributed by atoms with Gasteiger partial charge in [-0.3, -0.25) is 0 Å². The lowest BCUT2D eigenvalue weighted by Gasteiger charge is -2.34. The van der Waals surface area contributed by atoms with Crippen LogP contribution in [0.5, 0.6) is 0 Å². The van der Waals surface area contributed by atoms with Gasteiger partial charge in [-0.2, -0.15) is 5.10 Å². The second-order valence-corrected chi connectivity index (χ2v) is 8.16. The number of aromatic carboxylic acids is 1. The molecule has 1 aromatic carbocycles. The molecule has 158 valence electrons. The van der Waals surface area contributed by atoms with Crippen molar-refractivity contribution in [2.24, 2.45) is 0 Å². The maximum Gasteiger partial charge on any atom is 0.354 e. The van der Waals surface area contributed by atoms with E-state index in [1.165, 1.54) is 6.07 Å². The summed E-state index contributed by atoms with van der Waals surface area (Å²) in [6.07, 6.45) is -0.523. The van der Waals surface area contributed by atoms with Crippen LogP contribution in [0.4, 0.5) is 14.5 Å². The third-order valence-corrected chi connectivity index (χ3v) is 5.49. The Balaban J connectivity index is 1.98. The normalized spacial score (nSPS) is 16.4. The molecule has 2 aromatic heterocycles. The number of hydrogen-bond acceptors (Lipinski definition) is 4. The molecule has 0 saturated carbocycles. The summed E-state index contributed by atoms with van der Waals surface area (Å²) in [6.45, 7) is 6.27. The van der Waals surface area contributed by atoms with Crippen molar-refractivity contribution >= 4 is 22.7 Å². The van der Waals surface area contributed by atoms with Crippen molar-refractivity contribution in [1.82, 2.24) is 14.8 Å². The van der Waals surface area contributed by atoms with Gasteiger partial charge < -0.3 is 10.0 Å². The number of anilines is 1. The second kappa shape index (κ2) is 7.34. The van der Waals surface area contributed by atoms with Crippen LogP contribution >= 0.6 is 0 Å². The molecule has 1 saturated heterocycles. The number of pyridine rings is 1. The first-order valence-electron chi connectivity index (χ1n) is 10.0. The number of carboxylic acids is 1. The van der Waals surface area contributed by atoms with Gasteiger partial charge in [-0.05, 0) is 36.6 Å². The SMILES string of the molecule is Cc1cccc(-n2nc(C(C)C)c3c(N4CCC(F)(F)CC4)cc(C(=O)O)nc32)c1. The van der Waals surface area contributed by atoms with Crippen LogP contribution in [0.1, 0.15) is 54.4 Å². The molecule has 1 N–H and O–H groups in total. The number of carbonyl (C=O) groups is 1. The molecule has 6 nitrogen and oxygen atoms in total. The fraction of sp³-hybridized carbons (Fsp3) is 0.409. The molecule has 1 aliphatic rings. The number of alkyl halides is 2. The highest BCUT2D eigenvalue weighted by Gasteiger charge is 2.35. The van der Waals surface area contributed by atoms with Crippen LogP contribution in [-0.4, -0.2) is 44.9 Å². The highest BCUT2D eigenvalue weighted by molar-refractivity contribution is 5.98. The van der Waals surface area contributed by atoms with Crippen LogP contribution in [0.25, 0.3) is 16.7 Å². The second-order valence-electron chi connectivity index (χ2n) is 8.16. The number of carboxylic acid groups (broad SMARTS) is 1. The number of benzene rings is 1. The minimum Gasteiger partial charge on any atom is -0.477 e. The summed E-state index contributed by atoms with van der Waals surface area (Å²) >= 11 is 0. The van der Waals surface area contributed by atoms with Crippen LogP contribution in [0.2, 0.25) is 0 Å². The van der Waals surface area contributed by atoms with Gasteiger partial charge in [0.25, 0.3) is 5.92 Å². The maximum atomic E-state index is 13.7. The number of nitrogens with zero attached hydrogens (tertiary/aromatic N) is 4. The zero-order valence-corrected chi connectivity index (χ0v) is 17.2. The molecule has 3 heterocycles. The molecule has 1 fully saturated rings. The Hall–Kier alpha value is -3.03. The molecule has 1 aliphatic heterocycles. The van der Waals surface area contributed by atoms with Crippen LogP contribution in [0.15, 0.2) is 30.3 Å². The van der Waals surface area contributed by atoms with Crippen molar-refractivity contribution in [1.29, 1.82) is 0 Å². The van der Waals surface area contributed by atoms with E-state index >= 15 is 0 Å². The standard InChI is InChI=1S/C22H24F2N4O2/c1-13(2)19-18-17(27-9-7-22(23,24)8-10-27)12-16(21(29)30)25-20(18)28(26-19)15-6-4-5-14(3)11-15/h4-6,11-13H,7-10H2,1-3H3,(H,29,30). The summed E-state index contributed by atoms with van der Waals surface area (Å²) in [5, 5.41) is 15.1. The molecular formula is C22H24F2N4O2. The molecule has 30 heavy (non-hydrogen) atoms. The maximum absolute atomic E-state index is 13.7. The highest BCUT2D eigenvalue weighted by atomic mass is 19.3. The summed E-state index contributed by atoms with van der Waals surface area (Å²) in [6, 6.07) is 9.20. The van der Waals surface area contributed by atoms with Gasteiger partial charge in [-0.15, -0.1) is 0 Å². The topological polar surface area (TPSA) is 71.2 Å². The highest BCUT2D eigenvalue weighted by Crippen LogP contribution is 2.38. The molecule has 0 amide bonds. The van der Waals surface area contributed by atoms with Crippen LogP contribution in [0.3, 0.4) is 0 Å². The minimum absolute atomic E-state index is 0.0426. The average Bonchev–Trinajstić information content (AvgIpc) is 3.07. The number of fused-ring (bicyclic) bond motifs is 1. The molecule has 3 aromatic rings. The summed E-state index contributed by atoms with van der Waals surface area (Å²) < 4.78 is 29.1. The third kappa shape index (κ3) is 3.62. The molecule has 8 heteroatoms. The Morgan fingerprint density at radius 3 is 2.50 bits per heavy atom. The van der Waals surface area contributed by atoms with Gasteiger partial charge in [0.15, 0.2) is 11.3 Å². The Morgan fingerprint density at radius 2 is 1.90 bits per heavy atom. The molecule has 0 spiro atoms. The largest absolute Gasteiger partial charge is 0.477 e. The first-order valence-corrected chi connectivity index (χ1v) is 10.0. The number of aryl methyl sites for hydroxylation is 1. The molecule has 0 radical (unpaired) electrons. The number of rotatable bonds is 4. The molecule has 0 aliphatic carbocycles. The van der Waals surface area contributed by atoms with Gasteiger partial charge in [0, 0.05) is 25.9 Å². The van der Waals surface area contributed by atoms with Crippen molar-refractivity contribution in [2.75, 3.05) is 18.0 Å². The number of halogens is 2. The zero-order valence-electron chi connectivity index (χ0n) is 17.2. The van der Waals surface area contributed by atoms with Gasteiger partial charge in [0.1, 0.15) is 0 Å². The average molecular weight is 414 g/mol. The molecule has 0 unspecified atom stereocenters. The number of hydrogen-bond donors (Lipinski definition) is 1. The van der Waals surface area contributed by atoms with E-state index in [4.69, 9.17) is 5.10 Å².